The zero-order valence-electron chi connectivity index (χ0n) is 10.6. The van der Waals surface area contributed by atoms with Crippen molar-refractivity contribution in [3.8, 4) is 0 Å². The quantitative estimate of drug-likeness (QED) is 0.815. The Labute approximate surface area is 96.3 Å². The van der Waals surface area contributed by atoms with Crippen LogP contribution in [-0.2, 0) is 0 Å². The Morgan fingerprint density at radius 1 is 1.44 bits per heavy atom. The molecule has 0 saturated carbocycles. The molecule has 0 aliphatic heterocycles. The Kier molecular flexibility index (Phi) is 2.95. The molecule has 1 aromatic heterocycles. The topological polar surface area (TPSA) is 44.9 Å². The monoisotopic (exact) mass is 217 g/mol. The van der Waals surface area contributed by atoms with E-state index in [1.807, 2.05) is 24.3 Å². The van der Waals surface area contributed by atoms with Gasteiger partial charge in [-0.1, -0.05) is 32.0 Å². The Bertz CT molecular complexity index is 505. The van der Waals surface area contributed by atoms with Crippen LogP contribution in [0.25, 0.3) is 10.9 Å². The Balaban J connectivity index is 0.00000144. The number of fused-ring (bicyclic) bond motifs is 1. The first kappa shape index (κ1) is 10.7. The highest BCUT2D eigenvalue weighted by Gasteiger charge is 2.10. The molecule has 1 aromatic carbocycles. The van der Waals surface area contributed by atoms with Crippen LogP contribution >= 0.6 is 0 Å². The summed E-state index contributed by atoms with van der Waals surface area (Å²) in [4.78, 5) is 15.0. The van der Waals surface area contributed by atoms with Crippen LogP contribution in [0.4, 0.5) is 0 Å². The minimum atomic E-state index is -0.00819. The van der Waals surface area contributed by atoms with Gasteiger partial charge in [-0.15, -0.1) is 0 Å². The van der Waals surface area contributed by atoms with Crippen LogP contribution in [0.1, 0.15) is 25.6 Å². The van der Waals surface area contributed by atoms with Gasteiger partial charge in [-0.05, 0) is 12.0 Å². The van der Waals surface area contributed by atoms with Crippen molar-refractivity contribution in [3.05, 3.63) is 36.0 Å². The van der Waals surface area contributed by atoms with Gasteiger partial charge < -0.3 is 10.3 Å². The van der Waals surface area contributed by atoms with Crippen molar-refractivity contribution < 1.29 is 6.22 Å². The van der Waals surface area contributed by atoms with Crippen molar-refractivity contribution >= 4 is 16.8 Å². The van der Waals surface area contributed by atoms with Gasteiger partial charge in [0.05, 0.1) is 5.56 Å². The number of carbonyl (C=O) groups is 1. The summed E-state index contributed by atoms with van der Waals surface area (Å²) in [6.07, 6.45) is 1.76. The summed E-state index contributed by atoms with van der Waals surface area (Å²) in [7, 11) is 0. The Hall–Kier alpha value is -1.77. The van der Waals surface area contributed by atoms with Gasteiger partial charge in [-0.3, -0.25) is 4.79 Å². The number of hydrogen-bond donors (Lipinski definition) is 2. The number of benzene rings is 1. The molecule has 2 rings (SSSR count). The van der Waals surface area contributed by atoms with E-state index in [1.54, 1.807) is 6.20 Å². The number of aromatic nitrogens is 1. The standard InChI is InChI=1S/C13H16N2O/c1-9(2)7-15-13(16)11-8-14-12-6-4-3-5-10(11)12/h3-6,8-9,14H,7H2,1-2H3,(H,15,16)/p+1. The number of hydrogen-bond acceptors (Lipinski definition) is 1. The van der Waals surface area contributed by atoms with Crippen molar-refractivity contribution in [2.45, 2.75) is 13.8 Å². The lowest BCUT2D eigenvalue weighted by Gasteiger charge is -2.06. The minimum Gasteiger partial charge on any atom is -0.360 e. The highest BCUT2D eigenvalue weighted by molar-refractivity contribution is 6.06. The molecule has 0 spiro atoms. The van der Waals surface area contributed by atoms with Gasteiger partial charge in [-0.25, -0.2) is 0 Å². The first-order valence-corrected chi connectivity index (χ1v) is 5.53. The van der Waals surface area contributed by atoms with Gasteiger partial charge in [0.25, 0.3) is 5.91 Å². The number of nitrogens with one attached hydrogen (secondary N) is 2. The average molecular weight is 217 g/mol. The summed E-state index contributed by atoms with van der Waals surface area (Å²) in [5.41, 5.74) is 1.72. The molecule has 1 heterocycles. The Morgan fingerprint density at radius 2 is 2.19 bits per heavy atom. The van der Waals surface area contributed by atoms with Gasteiger partial charge in [0, 0.05) is 23.6 Å². The first-order valence-electron chi connectivity index (χ1n) is 5.53. The number of carbonyl (C=O) groups excluding carboxylic acids is 1. The molecule has 0 aliphatic rings. The van der Waals surface area contributed by atoms with Crippen molar-refractivity contribution in [1.29, 1.82) is 0 Å². The zero-order chi connectivity index (χ0) is 11.5. The number of para-hydroxylation sites is 1. The maximum Gasteiger partial charge on any atom is 1.00 e. The van der Waals surface area contributed by atoms with Crippen LogP contribution in [0.5, 0.6) is 0 Å². The summed E-state index contributed by atoms with van der Waals surface area (Å²) in [5, 5.41) is 3.89. The molecule has 3 nitrogen and oxygen atoms in total. The van der Waals surface area contributed by atoms with E-state index < -0.39 is 0 Å². The van der Waals surface area contributed by atoms with Crippen molar-refractivity contribution in [2.24, 2.45) is 5.92 Å². The third kappa shape index (κ3) is 2.08. The predicted molar refractivity (Wildman–Crippen MR) is 66.6 cm³/mol. The van der Waals surface area contributed by atoms with Gasteiger partial charge in [0.1, 0.15) is 0 Å². The van der Waals surface area contributed by atoms with Crippen LogP contribution in [0.2, 0.25) is 0 Å². The predicted octanol–water partition coefficient (Wildman–Crippen LogP) is 2.67. The highest BCUT2D eigenvalue weighted by Crippen LogP contribution is 2.17. The van der Waals surface area contributed by atoms with Crippen LogP contribution in [0.15, 0.2) is 30.5 Å². The molecule has 1 amide bonds. The van der Waals surface area contributed by atoms with Crippen LogP contribution in [-0.4, -0.2) is 17.4 Å². The van der Waals surface area contributed by atoms with E-state index in [-0.39, 0.29) is 7.33 Å². The molecule has 2 aromatic rings. The fourth-order valence-corrected chi connectivity index (χ4v) is 1.65. The second-order valence-electron chi connectivity index (χ2n) is 4.35. The van der Waals surface area contributed by atoms with E-state index in [9.17, 15) is 4.79 Å². The fourth-order valence-electron chi connectivity index (χ4n) is 1.65. The third-order valence-corrected chi connectivity index (χ3v) is 2.50. The maximum absolute atomic E-state index is 11.9. The summed E-state index contributed by atoms with van der Waals surface area (Å²) in [5.74, 6) is 0.459. The van der Waals surface area contributed by atoms with Crippen molar-refractivity contribution in [1.82, 2.24) is 10.3 Å². The smallest absolute Gasteiger partial charge is 0.360 e. The molecule has 0 aliphatic carbocycles. The number of aromatic amines is 1. The molecule has 0 unspecified atom stereocenters. The molecule has 0 bridgehead atoms. The van der Waals surface area contributed by atoms with Gasteiger partial charge in [0.15, 0.2) is 0 Å². The second kappa shape index (κ2) is 4.39. The molecule has 3 heteroatoms. The third-order valence-electron chi connectivity index (χ3n) is 2.50. The van der Waals surface area contributed by atoms with E-state index >= 15 is 0 Å². The normalized spacial score (nSPS) is 10.9. The molecule has 0 saturated heterocycles. The lowest BCUT2D eigenvalue weighted by molar-refractivity contribution is 0.0950. The molecule has 0 atom stereocenters. The summed E-state index contributed by atoms with van der Waals surface area (Å²) >= 11 is 0. The molecule has 16 heavy (non-hydrogen) atoms. The summed E-state index contributed by atoms with van der Waals surface area (Å²) < 4.78 is 0. The molecular weight excluding hydrogens is 200 g/mol. The van der Waals surface area contributed by atoms with Crippen molar-refractivity contribution in [3.63, 3.8) is 0 Å². The van der Waals surface area contributed by atoms with Gasteiger partial charge in [-0.2, -0.15) is 0 Å². The van der Waals surface area contributed by atoms with E-state index in [4.69, 9.17) is 0 Å². The van der Waals surface area contributed by atoms with E-state index in [0.717, 1.165) is 16.5 Å². The fraction of sp³-hybridized carbons (Fsp3) is 0.308. The van der Waals surface area contributed by atoms with Gasteiger partial charge in [0.2, 0.25) is 0 Å². The van der Waals surface area contributed by atoms with Crippen LogP contribution in [0.3, 0.4) is 0 Å². The lowest BCUT2D eigenvalue weighted by Crippen LogP contribution is -2.27. The minimum absolute atomic E-state index is 0. The molecule has 2 N–H and O–H groups in total. The molecule has 0 radical (unpaired) electrons. The van der Waals surface area contributed by atoms with Crippen LogP contribution < -0.4 is 5.32 Å². The van der Waals surface area contributed by atoms with Crippen molar-refractivity contribution in [2.75, 3.05) is 6.54 Å². The van der Waals surface area contributed by atoms with E-state index in [1.165, 1.54) is 0 Å². The molecular formula is C13H17N2O+. The van der Waals surface area contributed by atoms with Crippen LogP contribution in [0, 0.1) is 5.92 Å². The number of rotatable bonds is 3. The van der Waals surface area contributed by atoms with E-state index in [0.29, 0.717) is 12.5 Å². The second-order valence-corrected chi connectivity index (χ2v) is 4.35. The van der Waals surface area contributed by atoms with Gasteiger partial charge >= 0.3 is 1.43 Å². The maximum atomic E-state index is 11.9. The number of H-pyrrole nitrogens is 1. The molecule has 84 valence electrons. The average Bonchev–Trinajstić information content (AvgIpc) is 2.69. The largest absolute Gasteiger partial charge is 1.00 e. The molecule has 0 fully saturated rings. The number of amides is 1. The summed E-state index contributed by atoms with van der Waals surface area (Å²) in [6.45, 7) is 4.86. The first-order chi connectivity index (χ1) is 7.68. The zero-order valence-corrected chi connectivity index (χ0v) is 9.58. The summed E-state index contributed by atoms with van der Waals surface area (Å²) in [6, 6.07) is 7.81. The lowest BCUT2D eigenvalue weighted by atomic mass is 10.1. The Morgan fingerprint density at radius 3 is 2.94 bits per heavy atom. The SMILES string of the molecule is CC(C)CNC(=O)c1c[nH]c2ccccc12.[H+]. The van der Waals surface area contributed by atoms with E-state index in [2.05, 4.69) is 24.1 Å². The highest BCUT2D eigenvalue weighted by atomic mass is 16.1.